The van der Waals surface area contributed by atoms with Crippen LogP contribution in [-0.2, 0) is 14.3 Å². The van der Waals surface area contributed by atoms with Crippen LogP contribution in [0.1, 0.15) is 32.6 Å². The van der Waals surface area contributed by atoms with Crippen LogP contribution in [0.3, 0.4) is 0 Å². The molecule has 0 aromatic heterocycles. The molecule has 0 aliphatic heterocycles. The molecule has 1 fully saturated rings. The first-order chi connectivity index (χ1) is 10.5. The molecule has 0 bridgehead atoms. The maximum absolute atomic E-state index is 12.4. The van der Waals surface area contributed by atoms with E-state index in [-0.39, 0.29) is 24.1 Å². The molecule has 0 saturated heterocycles. The summed E-state index contributed by atoms with van der Waals surface area (Å²) >= 11 is 0. The zero-order valence-electron chi connectivity index (χ0n) is 13.8. The van der Waals surface area contributed by atoms with Crippen LogP contribution in [0.15, 0.2) is 30.3 Å². The van der Waals surface area contributed by atoms with Gasteiger partial charge in [-0.3, -0.25) is 9.59 Å². The Kier molecular flexibility index (Phi) is 5.56. The molecule has 1 aliphatic rings. The van der Waals surface area contributed by atoms with Gasteiger partial charge in [0.2, 0.25) is 0 Å². The van der Waals surface area contributed by atoms with Crippen molar-refractivity contribution in [2.45, 2.75) is 51.2 Å². The molecule has 0 spiro atoms. The van der Waals surface area contributed by atoms with Gasteiger partial charge in [-0.25, -0.2) is 0 Å². The summed E-state index contributed by atoms with van der Waals surface area (Å²) in [5.41, 5.74) is 0.320. The van der Waals surface area contributed by atoms with Gasteiger partial charge < -0.3 is 4.74 Å². The number of carbonyl (C=O) groups excluding carboxylic acids is 2. The molecule has 3 nitrogen and oxygen atoms in total. The highest BCUT2D eigenvalue weighted by molar-refractivity contribution is 6.91. The lowest BCUT2D eigenvalue weighted by molar-refractivity contribution is -0.146. The smallest absolute Gasteiger partial charge is 0.306 e. The fourth-order valence-electron chi connectivity index (χ4n) is 3.71. The topological polar surface area (TPSA) is 43.4 Å². The number of ketones is 1. The van der Waals surface area contributed by atoms with E-state index in [0.717, 1.165) is 12.8 Å². The second-order valence-electron chi connectivity index (χ2n) is 6.67. The van der Waals surface area contributed by atoms with Crippen molar-refractivity contribution in [2.75, 3.05) is 6.61 Å². The number of hydrogen-bond donors (Lipinski definition) is 0. The predicted molar refractivity (Wildman–Crippen MR) is 90.9 cm³/mol. The number of Topliss-reactive ketones (excluding diaryl/α,β-unsaturated/α-hetero) is 1. The molecule has 1 aromatic carbocycles. The number of ether oxygens (including phenoxy) is 1. The van der Waals surface area contributed by atoms with Gasteiger partial charge in [-0.1, -0.05) is 55.0 Å². The maximum atomic E-state index is 12.4. The molecule has 0 amide bonds. The summed E-state index contributed by atoms with van der Waals surface area (Å²) in [6.07, 6.45) is 2.86. The van der Waals surface area contributed by atoms with E-state index in [1.54, 1.807) is 6.92 Å². The summed E-state index contributed by atoms with van der Waals surface area (Å²) in [5.74, 6) is -0.138. The van der Waals surface area contributed by atoms with Crippen LogP contribution in [-0.4, -0.2) is 26.4 Å². The molecule has 4 heteroatoms. The van der Waals surface area contributed by atoms with Gasteiger partial charge >= 0.3 is 5.97 Å². The summed E-state index contributed by atoms with van der Waals surface area (Å²) in [6, 6.07) is 10.5. The summed E-state index contributed by atoms with van der Waals surface area (Å²) < 4.78 is 5.08. The van der Waals surface area contributed by atoms with Gasteiger partial charge in [0.1, 0.15) is 5.78 Å². The average molecular weight is 318 g/mol. The Bertz CT molecular complexity index is 524. The third-order valence-electron chi connectivity index (χ3n) is 4.97. The van der Waals surface area contributed by atoms with Crippen LogP contribution in [0.4, 0.5) is 0 Å². The molecule has 2 rings (SSSR count). The van der Waals surface area contributed by atoms with Gasteiger partial charge in [0, 0.05) is 12.3 Å². The second-order valence-corrected chi connectivity index (χ2v) is 11.4. The van der Waals surface area contributed by atoms with Crippen molar-refractivity contribution in [2.24, 2.45) is 5.92 Å². The van der Waals surface area contributed by atoms with Crippen LogP contribution in [0, 0.1) is 5.92 Å². The maximum Gasteiger partial charge on any atom is 0.306 e. The lowest BCUT2D eigenvalue weighted by atomic mass is 9.85. The molecule has 0 radical (unpaired) electrons. The van der Waals surface area contributed by atoms with E-state index in [0.29, 0.717) is 18.6 Å². The van der Waals surface area contributed by atoms with E-state index in [1.807, 2.05) is 6.07 Å². The highest BCUT2D eigenvalue weighted by Crippen LogP contribution is 2.41. The molecule has 1 aliphatic carbocycles. The lowest BCUT2D eigenvalue weighted by Gasteiger charge is -2.40. The first-order valence-corrected chi connectivity index (χ1v) is 11.3. The molecule has 1 aromatic rings. The Labute approximate surface area is 134 Å². The third kappa shape index (κ3) is 3.66. The van der Waals surface area contributed by atoms with Crippen molar-refractivity contribution in [1.29, 1.82) is 0 Å². The van der Waals surface area contributed by atoms with Crippen LogP contribution < -0.4 is 5.19 Å². The average Bonchev–Trinajstić information content (AvgIpc) is 2.50. The number of carbonyl (C=O) groups is 2. The lowest BCUT2D eigenvalue weighted by Crippen LogP contribution is -2.51. The van der Waals surface area contributed by atoms with Gasteiger partial charge in [0.05, 0.1) is 21.1 Å². The molecule has 22 heavy (non-hydrogen) atoms. The molecular weight excluding hydrogens is 292 g/mol. The Morgan fingerprint density at radius 3 is 2.59 bits per heavy atom. The number of hydrogen-bond acceptors (Lipinski definition) is 3. The normalized spacial score (nSPS) is 22.4. The number of esters is 1. The first kappa shape index (κ1) is 16.9. The SMILES string of the molecule is CCOC(=O)C[C@H]1C(=O)CCC[C@@H]1[Si](C)(C)c1ccccc1. The van der Waals surface area contributed by atoms with E-state index in [2.05, 4.69) is 37.4 Å². The largest absolute Gasteiger partial charge is 0.466 e. The van der Waals surface area contributed by atoms with Crippen molar-refractivity contribution in [3.05, 3.63) is 30.3 Å². The molecule has 0 unspecified atom stereocenters. The molecule has 120 valence electrons. The van der Waals surface area contributed by atoms with E-state index in [9.17, 15) is 9.59 Å². The Balaban J connectivity index is 2.25. The fraction of sp³-hybridized carbons (Fsp3) is 0.556. The van der Waals surface area contributed by atoms with Crippen molar-refractivity contribution < 1.29 is 14.3 Å². The summed E-state index contributed by atoms with van der Waals surface area (Å²) in [5, 5.41) is 1.36. The highest BCUT2D eigenvalue weighted by atomic mass is 28.3. The van der Waals surface area contributed by atoms with Crippen molar-refractivity contribution in [1.82, 2.24) is 0 Å². The minimum absolute atomic E-state index is 0.158. The van der Waals surface area contributed by atoms with E-state index < -0.39 is 8.07 Å². The van der Waals surface area contributed by atoms with Gasteiger partial charge in [-0.15, -0.1) is 0 Å². The minimum Gasteiger partial charge on any atom is -0.466 e. The third-order valence-corrected chi connectivity index (χ3v) is 9.34. The Hall–Kier alpha value is -1.42. The zero-order valence-corrected chi connectivity index (χ0v) is 14.8. The van der Waals surface area contributed by atoms with Crippen molar-refractivity contribution in [3.63, 3.8) is 0 Å². The van der Waals surface area contributed by atoms with Crippen LogP contribution in [0.5, 0.6) is 0 Å². The van der Waals surface area contributed by atoms with Crippen LogP contribution >= 0.6 is 0 Å². The zero-order chi connectivity index (χ0) is 16.2. The van der Waals surface area contributed by atoms with Crippen LogP contribution in [0.2, 0.25) is 18.6 Å². The number of rotatable bonds is 5. The molecular formula is C18H26O3Si. The molecule has 0 heterocycles. The summed E-state index contributed by atoms with van der Waals surface area (Å²) in [7, 11) is -1.80. The van der Waals surface area contributed by atoms with Gasteiger partial charge in [-0.2, -0.15) is 0 Å². The second kappa shape index (κ2) is 7.23. The Morgan fingerprint density at radius 1 is 1.27 bits per heavy atom. The number of benzene rings is 1. The van der Waals surface area contributed by atoms with Crippen molar-refractivity contribution in [3.8, 4) is 0 Å². The first-order valence-electron chi connectivity index (χ1n) is 8.20. The predicted octanol–water partition coefficient (Wildman–Crippen LogP) is 3.29. The summed E-state index contributed by atoms with van der Waals surface area (Å²) in [6.45, 7) is 6.83. The monoisotopic (exact) mass is 318 g/mol. The molecule has 0 N–H and O–H groups in total. The van der Waals surface area contributed by atoms with E-state index in [1.165, 1.54) is 5.19 Å². The quantitative estimate of drug-likeness (QED) is 0.618. The van der Waals surface area contributed by atoms with Gasteiger partial charge in [-0.05, 0) is 18.9 Å². The van der Waals surface area contributed by atoms with Gasteiger partial charge in [0.15, 0.2) is 0 Å². The minimum atomic E-state index is -1.80. The fourth-order valence-corrected chi connectivity index (χ4v) is 7.42. The molecule has 2 atom stereocenters. The van der Waals surface area contributed by atoms with Crippen LogP contribution in [0.25, 0.3) is 0 Å². The van der Waals surface area contributed by atoms with Crippen molar-refractivity contribution >= 4 is 25.0 Å². The summed E-state index contributed by atoms with van der Waals surface area (Å²) in [4.78, 5) is 24.3. The standard InChI is InChI=1S/C18H26O3Si/c1-4-21-18(20)13-15-16(19)11-8-12-17(15)22(2,3)14-9-6-5-7-10-14/h5-7,9-10,15,17H,4,8,11-13H2,1-3H3/t15-,17-/m0/s1. The molecule has 1 saturated carbocycles. The van der Waals surface area contributed by atoms with E-state index in [4.69, 9.17) is 4.74 Å². The van der Waals surface area contributed by atoms with E-state index >= 15 is 0 Å². The highest BCUT2D eigenvalue weighted by Gasteiger charge is 2.44. The van der Waals surface area contributed by atoms with Gasteiger partial charge in [0.25, 0.3) is 0 Å². The Morgan fingerprint density at radius 2 is 1.95 bits per heavy atom.